The molecule has 22 heavy (non-hydrogen) atoms. The van der Waals surface area contributed by atoms with Crippen molar-refractivity contribution in [2.24, 2.45) is 0 Å². The summed E-state index contributed by atoms with van der Waals surface area (Å²) in [5.41, 5.74) is 2.30. The van der Waals surface area contributed by atoms with Crippen molar-refractivity contribution >= 4 is 12.2 Å². The summed E-state index contributed by atoms with van der Waals surface area (Å²) < 4.78 is 9.62. The topological polar surface area (TPSA) is 67.9 Å². The minimum Gasteiger partial charge on any atom is -0.412 e. The van der Waals surface area contributed by atoms with Gasteiger partial charge in [0.2, 0.25) is 6.79 Å². The first kappa shape index (κ1) is 15.7. The number of carbonyl (C=O) groups excluding carboxylic acids is 2. The van der Waals surface area contributed by atoms with Gasteiger partial charge in [-0.2, -0.15) is 0 Å². The number of alkyl carbamates (subject to hydrolysis) is 1. The van der Waals surface area contributed by atoms with E-state index in [0.29, 0.717) is 0 Å². The van der Waals surface area contributed by atoms with Crippen LogP contribution in [0.5, 0.6) is 0 Å². The Balaban J connectivity index is 2.03. The fourth-order valence-corrected chi connectivity index (χ4v) is 2.55. The molecule has 0 saturated heterocycles. The summed E-state index contributed by atoms with van der Waals surface area (Å²) in [6.45, 7) is -0.314. The normalized spacial score (nSPS) is 15.4. The number of fused-ring (bicyclic) bond motifs is 1. The zero-order valence-electron chi connectivity index (χ0n) is 12.4. The van der Waals surface area contributed by atoms with Crippen LogP contribution in [0.1, 0.15) is 23.6 Å². The van der Waals surface area contributed by atoms with Crippen LogP contribution in [0.3, 0.4) is 0 Å². The van der Waals surface area contributed by atoms with Crippen LogP contribution < -0.4 is 5.32 Å². The Labute approximate surface area is 129 Å². The Morgan fingerprint density at radius 1 is 1.41 bits per heavy atom. The maximum atomic E-state index is 12.2. The molecule has 0 aromatic heterocycles. The van der Waals surface area contributed by atoms with E-state index in [-0.39, 0.29) is 12.6 Å². The number of nitrogens with zero attached hydrogens (tertiary/aromatic N) is 1. The first-order chi connectivity index (χ1) is 10.7. The smallest absolute Gasteiger partial charge is 0.412 e. The van der Waals surface area contributed by atoms with E-state index in [1.165, 1.54) is 17.5 Å². The second-order valence-electron chi connectivity index (χ2n) is 4.80. The molecule has 0 fully saturated rings. The lowest BCUT2D eigenvalue weighted by Crippen LogP contribution is -2.35. The predicted molar refractivity (Wildman–Crippen MR) is 79.9 cm³/mol. The molecule has 6 nitrogen and oxygen atoms in total. The summed E-state index contributed by atoms with van der Waals surface area (Å²) in [7, 11) is 1.42. The van der Waals surface area contributed by atoms with Crippen LogP contribution in [0, 0.1) is 12.3 Å². The number of aryl methyl sites for hydroxylation is 1. The highest BCUT2D eigenvalue weighted by Gasteiger charge is 2.31. The Bertz CT molecular complexity index is 594. The molecule has 1 aliphatic rings. The lowest BCUT2D eigenvalue weighted by atomic mass is 10.1. The lowest BCUT2D eigenvalue weighted by Gasteiger charge is -2.27. The van der Waals surface area contributed by atoms with Gasteiger partial charge in [0.15, 0.2) is 0 Å². The van der Waals surface area contributed by atoms with Crippen LogP contribution in [0.2, 0.25) is 0 Å². The summed E-state index contributed by atoms with van der Waals surface area (Å²) in [6, 6.07) is 7.83. The van der Waals surface area contributed by atoms with E-state index in [9.17, 15) is 9.59 Å². The van der Waals surface area contributed by atoms with Crippen molar-refractivity contribution in [3.63, 3.8) is 0 Å². The molecule has 0 bridgehead atoms. The van der Waals surface area contributed by atoms with E-state index in [2.05, 4.69) is 16.0 Å². The standard InChI is InChI=1S/C16H18N2O4/c1-3-10-18(16(20)22-11-21-15(19)17-2)14-9-8-12-6-4-5-7-13(12)14/h1,4-7,14H,8-11H2,2H3,(H,17,19)/t14-/m1/s1. The van der Waals surface area contributed by atoms with Crippen molar-refractivity contribution in [3.8, 4) is 12.3 Å². The second-order valence-corrected chi connectivity index (χ2v) is 4.80. The summed E-state index contributed by atoms with van der Waals surface area (Å²) >= 11 is 0. The zero-order valence-corrected chi connectivity index (χ0v) is 12.4. The molecule has 6 heteroatoms. The quantitative estimate of drug-likeness (QED) is 0.683. The van der Waals surface area contributed by atoms with Gasteiger partial charge < -0.3 is 14.8 Å². The van der Waals surface area contributed by atoms with Crippen LogP contribution in [-0.2, 0) is 15.9 Å². The van der Waals surface area contributed by atoms with Gasteiger partial charge in [-0.05, 0) is 24.0 Å². The lowest BCUT2D eigenvalue weighted by molar-refractivity contribution is 0.00465. The average molecular weight is 302 g/mol. The highest BCUT2D eigenvalue weighted by atomic mass is 16.7. The Kier molecular flexibility index (Phi) is 5.26. The molecule has 2 rings (SSSR count). The molecule has 0 radical (unpaired) electrons. The van der Waals surface area contributed by atoms with Gasteiger partial charge in [-0.3, -0.25) is 4.90 Å². The number of rotatable bonds is 4. The maximum absolute atomic E-state index is 12.2. The number of nitrogens with one attached hydrogen (secondary N) is 1. The molecule has 116 valence electrons. The highest BCUT2D eigenvalue weighted by Crippen LogP contribution is 2.35. The SMILES string of the molecule is C#CCN(C(=O)OCOC(=O)NC)[C@@H]1CCc2ccccc21. The number of terminal acetylenes is 1. The van der Waals surface area contributed by atoms with Crippen LogP contribution in [0.25, 0.3) is 0 Å². The molecule has 0 unspecified atom stereocenters. The van der Waals surface area contributed by atoms with E-state index in [4.69, 9.17) is 11.2 Å². The van der Waals surface area contributed by atoms with E-state index in [1.807, 2.05) is 24.3 Å². The predicted octanol–water partition coefficient (Wildman–Crippen LogP) is 2.06. The zero-order chi connectivity index (χ0) is 15.9. The van der Waals surface area contributed by atoms with Gasteiger partial charge in [-0.1, -0.05) is 30.2 Å². The summed E-state index contributed by atoms with van der Waals surface area (Å²) in [4.78, 5) is 24.6. The molecule has 0 saturated carbocycles. The average Bonchev–Trinajstić information content (AvgIpc) is 2.96. The number of hydrogen-bond acceptors (Lipinski definition) is 4. The summed E-state index contributed by atoms with van der Waals surface area (Å²) in [5.74, 6) is 2.47. The molecule has 2 amide bonds. The van der Waals surface area contributed by atoms with E-state index in [0.717, 1.165) is 18.4 Å². The van der Waals surface area contributed by atoms with Crippen LogP contribution in [0.4, 0.5) is 9.59 Å². The fraction of sp³-hybridized carbons (Fsp3) is 0.375. The maximum Gasteiger partial charge on any atom is 0.413 e. The van der Waals surface area contributed by atoms with Crippen molar-refractivity contribution in [2.75, 3.05) is 20.4 Å². The highest BCUT2D eigenvalue weighted by molar-refractivity contribution is 5.70. The van der Waals surface area contributed by atoms with Crippen molar-refractivity contribution in [1.29, 1.82) is 0 Å². The van der Waals surface area contributed by atoms with Crippen LogP contribution in [0.15, 0.2) is 24.3 Å². The van der Waals surface area contributed by atoms with Crippen molar-refractivity contribution < 1.29 is 19.1 Å². The monoisotopic (exact) mass is 302 g/mol. The van der Waals surface area contributed by atoms with Gasteiger partial charge in [0.25, 0.3) is 0 Å². The van der Waals surface area contributed by atoms with Crippen molar-refractivity contribution in [3.05, 3.63) is 35.4 Å². The third-order valence-electron chi connectivity index (χ3n) is 3.55. The van der Waals surface area contributed by atoms with Gasteiger partial charge in [0, 0.05) is 7.05 Å². The van der Waals surface area contributed by atoms with E-state index < -0.39 is 19.0 Å². The first-order valence-electron chi connectivity index (χ1n) is 6.96. The van der Waals surface area contributed by atoms with Gasteiger partial charge in [-0.15, -0.1) is 6.42 Å². The molecule has 0 spiro atoms. The Morgan fingerprint density at radius 3 is 2.91 bits per heavy atom. The Hall–Kier alpha value is -2.68. The molecule has 1 aliphatic carbocycles. The number of ether oxygens (including phenoxy) is 2. The first-order valence-corrected chi connectivity index (χ1v) is 6.96. The second kappa shape index (κ2) is 7.36. The van der Waals surface area contributed by atoms with Crippen LogP contribution >= 0.6 is 0 Å². The molecular formula is C16H18N2O4. The number of amides is 2. The number of hydrogen-bond donors (Lipinski definition) is 1. The minimum absolute atomic E-state index is 0.111. The molecule has 1 atom stereocenters. The molecular weight excluding hydrogens is 284 g/mol. The molecule has 1 aromatic carbocycles. The molecule has 1 N–H and O–H groups in total. The van der Waals surface area contributed by atoms with Gasteiger partial charge in [0.05, 0.1) is 12.6 Å². The fourth-order valence-electron chi connectivity index (χ4n) is 2.55. The number of carbonyl (C=O) groups is 2. The minimum atomic E-state index is -0.664. The Morgan fingerprint density at radius 2 is 2.18 bits per heavy atom. The van der Waals surface area contributed by atoms with E-state index in [1.54, 1.807) is 0 Å². The van der Waals surface area contributed by atoms with Gasteiger partial charge >= 0.3 is 12.2 Å². The third-order valence-corrected chi connectivity index (χ3v) is 3.55. The van der Waals surface area contributed by atoms with Gasteiger partial charge in [-0.25, -0.2) is 9.59 Å². The molecule has 0 heterocycles. The van der Waals surface area contributed by atoms with Crippen molar-refractivity contribution in [1.82, 2.24) is 10.2 Å². The largest absolute Gasteiger partial charge is 0.413 e. The summed E-state index contributed by atoms with van der Waals surface area (Å²) in [5, 5.41) is 2.26. The van der Waals surface area contributed by atoms with Crippen molar-refractivity contribution in [2.45, 2.75) is 18.9 Å². The van der Waals surface area contributed by atoms with Gasteiger partial charge in [0.1, 0.15) is 0 Å². The number of benzene rings is 1. The third kappa shape index (κ3) is 3.50. The molecule has 1 aromatic rings. The molecule has 0 aliphatic heterocycles. The van der Waals surface area contributed by atoms with Crippen LogP contribution in [-0.4, -0.2) is 37.5 Å². The summed E-state index contributed by atoms with van der Waals surface area (Å²) in [6.07, 6.45) is 5.79. The van der Waals surface area contributed by atoms with E-state index >= 15 is 0 Å².